The van der Waals surface area contributed by atoms with Crippen molar-refractivity contribution in [2.75, 3.05) is 5.73 Å². The molecule has 0 radical (unpaired) electrons. The zero-order chi connectivity index (χ0) is 13.6. The number of nitrogens with two attached hydrogens (primary N) is 1. The van der Waals surface area contributed by atoms with Crippen molar-refractivity contribution < 1.29 is 4.39 Å². The summed E-state index contributed by atoms with van der Waals surface area (Å²) < 4.78 is 16.4. The van der Waals surface area contributed by atoms with Crippen molar-refractivity contribution in [3.05, 3.63) is 51.7 Å². The molecule has 0 fully saturated rings. The maximum absolute atomic E-state index is 13.9. The summed E-state index contributed by atoms with van der Waals surface area (Å²) in [5.74, 6) is -0.187. The zero-order valence-electron chi connectivity index (χ0n) is 9.57. The van der Waals surface area contributed by atoms with Crippen molar-refractivity contribution in [3.8, 4) is 5.69 Å². The van der Waals surface area contributed by atoms with E-state index in [1.165, 1.54) is 18.2 Å². The highest BCUT2D eigenvalue weighted by molar-refractivity contribution is 9.10. The van der Waals surface area contributed by atoms with E-state index in [1.54, 1.807) is 4.57 Å². The van der Waals surface area contributed by atoms with Crippen LogP contribution in [0.25, 0.3) is 16.7 Å². The minimum atomic E-state index is -0.404. The van der Waals surface area contributed by atoms with Crippen molar-refractivity contribution >= 4 is 44.5 Å². The fourth-order valence-corrected chi connectivity index (χ4v) is 2.50. The normalized spacial score (nSPS) is 11.1. The summed E-state index contributed by atoms with van der Waals surface area (Å²) in [5.41, 5.74) is 7.58. The van der Waals surface area contributed by atoms with Crippen LogP contribution in [0.4, 0.5) is 10.3 Å². The van der Waals surface area contributed by atoms with Crippen LogP contribution in [0, 0.1) is 5.82 Å². The van der Waals surface area contributed by atoms with Crippen LogP contribution in [0.3, 0.4) is 0 Å². The highest BCUT2D eigenvalue weighted by Gasteiger charge is 2.14. The fourth-order valence-electron chi connectivity index (χ4n) is 1.98. The van der Waals surface area contributed by atoms with E-state index in [9.17, 15) is 4.39 Å². The summed E-state index contributed by atoms with van der Waals surface area (Å²) in [6.45, 7) is 0. The third-order valence-corrected chi connectivity index (χ3v) is 3.52. The topological polar surface area (TPSA) is 43.8 Å². The van der Waals surface area contributed by atoms with E-state index in [1.807, 2.05) is 18.2 Å². The molecule has 0 aliphatic rings. The van der Waals surface area contributed by atoms with Gasteiger partial charge in [-0.2, -0.15) is 0 Å². The number of hydrogen-bond donors (Lipinski definition) is 1. The molecular weight excluding hydrogens is 333 g/mol. The standard InChI is InChI=1S/C13H8BrClFN3/c14-7-1-4-11-10(5-7)18-13(17)19(11)12-6-8(15)2-3-9(12)16/h1-6H,(H2,17,18). The Kier molecular flexibility index (Phi) is 2.95. The first-order valence-electron chi connectivity index (χ1n) is 5.45. The molecule has 19 heavy (non-hydrogen) atoms. The van der Waals surface area contributed by atoms with Crippen molar-refractivity contribution in [1.82, 2.24) is 9.55 Å². The minimum absolute atomic E-state index is 0.217. The number of nitrogens with zero attached hydrogens (tertiary/aromatic N) is 2. The zero-order valence-corrected chi connectivity index (χ0v) is 11.9. The number of benzene rings is 2. The van der Waals surface area contributed by atoms with Crippen LogP contribution in [0.15, 0.2) is 40.9 Å². The smallest absolute Gasteiger partial charge is 0.206 e. The third-order valence-electron chi connectivity index (χ3n) is 2.79. The fraction of sp³-hybridized carbons (Fsp3) is 0. The van der Waals surface area contributed by atoms with Crippen molar-refractivity contribution in [1.29, 1.82) is 0 Å². The second-order valence-corrected chi connectivity index (χ2v) is 5.39. The highest BCUT2D eigenvalue weighted by Crippen LogP contribution is 2.28. The molecule has 1 aromatic heterocycles. The van der Waals surface area contributed by atoms with Gasteiger partial charge < -0.3 is 5.73 Å². The molecule has 3 nitrogen and oxygen atoms in total. The summed E-state index contributed by atoms with van der Waals surface area (Å²) in [7, 11) is 0. The van der Waals surface area contributed by atoms with Gasteiger partial charge in [-0.05, 0) is 36.4 Å². The van der Waals surface area contributed by atoms with Gasteiger partial charge in [-0.3, -0.25) is 4.57 Å². The van der Waals surface area contributed by atoms with Gasteiger partial charge in [0.1, 0.15) is 5.82 Å². The van der Waals surface area contributed by atoms with E-state index >= 15 is 0 Å². The second kappa shape index (κ2) is 4.51. The molecule has 0 aliphatic heterocycles. The number of nitrogen functional groups attached to an aromatic ring is 1. The van der Waals surface area contributed by atoms with Gasteiger partial charge in [0.05, 0.1) is 16.7 Å². The van der Waals surface area contributed by atoms with Gasteiger partial charge in [0, 0.05) is 9.50 Å². The Morgan fingerprint density at radius 1 is 1.21 bits per heavy atom. The highest BCUT2D eigenvalue weighted by atomic mass is 79.9. The molecular formula is C13H8BrClFN3. The van der Waals surface area contributed by atoms with E-state index in [0.29, 0.717) is 10.5 Å². The van der Waals surface area contributed by atoms with Gasteiger partial charge in [-0.15, -0.1) is 0 Å². The van der Waals surface area contributed by atoms with E-state index in [-0.39, 0.29) is 11.6 Å². The van der Waals surface area contributed by atoms with Crippen LogP contribution in [-0.4, -0.2) is 9.55 Å². The SMILES string of the molecule is Nc1nc2cc(Br)ccc2n1-c1cc(Cl)ccc1F. The molecule has 96 valence electrons. The minimum Gasteiger partial charge on any atom is -0.369 e. The molecule has 0 atom stereocenters. The summed E-state index contributed by atoms with van der Waals surface area (Å²) in [6.07, 6.45) is 0. The Labute approximate surface area is 121 Å². The molecule has 0 unspecified atom stereocenters. The first-order chi connectivity index (χ1) is 9.06. The molecule has 0 saturated carbocycles. The average molecular weight is 341 g/mol. The van der Waals surface area contributed by atoms with Crippen LogP contribution in [0.1, 0.15) is 0 Å². The Morgan fingerprint density at radius 2 is 2.00 bits per heavy atom. The predicted molar refractivity (Wildman–Crippen MR) is 78.2 cm³/mol. The summed E-state index contributed by atoms with van der Waals surface area (Å²) in [4.78, 5) is 4.22. The predicted octanol–water partition coefficient (Wildman–Crippen LogP) is 4.16. The van der Waals surface area contributed by atoms with Gasteiger partial charge in [-0.1, -0.05) is 27.5 Å². The quantitative estimate of drug-likeness (QED) is 0.723. The van der Waals surface area contributed by atoms with E-state index in [4.69, 9.17) is 17.3 Å². The summed E-state index contributed by atoms with van der Waals surface area (Å²) in [5, 5.41) is 0.440. The number of hydrogen-bond acceptors (Lipinski definition) is 2. The summed E-state index contributed by atoms with van der Waals surface area (Å²) >= 11 is 9.28. The number of halogens is 3. The lowest BCUT2D eigenvalue weighted by Crippen LogP contribution is -2.02. The van der Waals surface area contributed by atoms with Crippen LogP contribution >= 0.6 is 27.5 Å². The molecule has 6 heteroatoms. The monoisotopic (exact) mass is 339 g/mol. The molecule has 1 heterocycles. The van der Waals surface area contributed by atoms with E-state index in [2.05, 4.69) is 20.9 Å². The molecule has 2 N–H and O–H groups in total. The average Bonchev–Trinajstić information content (AvgIpc) is 2.67. The number of rotatable bonds is 1. The Balaban J connectivity index is 2.36. The lowest BCUT2D eigenvalue weighted by Gasteiger charge is -2.08. The maximum atomic E-state index is 13.9. The largest absolute Gasteiger partial charge is 0.369 e. The van der Waals surface area contributed by atoms with Gasteiger partial charge in [0.2, 0.25) is 5.95 Å². The Bertz CT molecular complexity index is 785. The maximum Gasteiger partial charge on any atom is 0.206 e. The molecule has 3 aromatic rings. The Morgan fingerprint density at radius 3 is 2.79 bits per heavy atom. The second-order valence-electron chi connectivity index (χ2n) is 4.03. The molecule has 0 spiro atoms. The van der Waals surface area contributed by atoms with Crippen molar-refractivity contribution in [2.45, 2.75) is 0 Å². The third kappa shape index (κ3) is 2.09. The first kappa shape index (κ1) is 12.4. The lowest BCUT2D eigenvalue weighted by molar-refractivity contribution is 0.620. The number of fused-ring (bicyclic) bond motifs is 1. The number of imidazole rings is 1. The molecule has 0 amide bonds. The van der Waals surface area contributed by atoms with Crippen LogP contribution < -0.4 is 5.73 Å². The molecule has 0 bridgehead atoms. The first-order valence-corrected chi connectivity index (χ1v) is 6.62. The molecule has 3 rings (SSSR count). The van der Waals surface area contributed by atoms with Crippen LogP contribution in [-0.2, 0) is 0 Å². The molecule has 2 aromatic carbocycles. The molecule has 0 saturated heterocycles. The van der Waals surface area contributed by atoms with Gasteiger partial charge in [-0.25, -0.2) is 9.37 Å². The van der Waals surface area contributed by atoms with Crippen molar-refractivity contribution in [2.24, 2.45) is 0 Å². The van der Waals surface area contributed by atoms with Crippen molar-refractivity contribution in [3.63, 3.8) is 0 Å². The van der Waals surface area contributed by atoms with Gasteiger partial charge in [0.25, 0.3) is 0 Å². The number of aromatic nitrogens is 2. The number of anilines is 1. The van der Waals surface area contributed by atoms with Crippen LogP contribution in [0.2, 0.25) is 5.02 Å². The van der Waals surface area contributed by atoms with E-state index < -0.39 is 5.82 Å². The molecule has 0 aliphatic carbocycles. The van der Waals surface area contributed by atoms with Crippen LogP contribution in [0.5, 0.6) is 0 Å². The van der Waals surface area contributed by atoms with Gasteiger partial charge >= 0.3 is 0 Å². The summed E-state index contributed by atoms with van der Waals surface area (Å²) in [6, 6.07) is 9.82. The van der Waals surface area contributed by atoms with E-state index in [0.717, 1.165) is 9.99 Å². The van der Waals surface area contributed by atoms with Gasteiger partial charge in [0.15, 0.2) is 0 Å². The lowest BCUT2D eigenvalue weighted by atomic mass is 10.2. The Hall–Kier alpha value is -1.59.